The van der Waals surface area contributed by atoms with E-state index in [1.165, 1.54) is 0 Å². The maximum atomic E-state index is 11.9. The van der Waals surface area contributed by atoms with Gasteiger partial charge in [0.1, 0.15) is 0 Å². The van der Waals surface area contributed by atoms with Gasteiger partial charge in [-0.25, -0.2) is 0 Å². The second-order valence-electron chi connectivity index (χ2n) is 4.97. The zero-order chi connectivity index (χ0) is 14.4. The average molecular weight is 263 g/mol. The van der Waals surface area contributed by atoms with Crippen molar-refractivity contribution in [3.8, 4) is 0 Å². The Morgan fingerprint density at radius 3 is 2.21 bits per heavy atom. The van der Waals surface area contributed by atoms with Crippen molar-refractivity contribution in [2.45, 2.75) is 26.7 Å². The van der Waals surface area contributed by atoms with Gasteiger partial charge in [0.05, 0.1) is 5.92 Å². The molecule has 19 heavy (non-hydrogen) atoms. The molecule has 1 rings (SSSR count). The van der Waals surface area contributed by atoms with Gasteiger partial charge in [-0.15, -0.1) is 0 Å². The third-order valence-corrected chi connectivity index (χ3v) is 3.50. The summed E-state index contributed by atoms with van der Waals surface area (Å²) in [4.78, 5) is 22.7. The van der Waals surface area contributed by atoms with Gasteiger partial charge in [0.25, 0.3) is 0 Å². The predicted molar refractivity (Wildman–Crippen MR) is 73.8 cm³/mol. The van der Waals surface area contributed by atoms with Gasteiger partial charge in [0, 0.05) is 12.5 Å². The van der Waals surface area contributed by atoms with Gasteiger partial charge < -0.3 is 10.4 Å². The van der Waals surface area contributed by atoms with Gasteiger partial charge in [0.15, 0.2) is 0 Å². The van der Waals surface area contributed by atoms with Crippen LogP contribution in [0.25, 0.3) is 0 Å². The van der Waals surface area contributed by atoms with E-state index in [0.29, 0.717) is 6.54 Å². The van der Waals surface area contributed by atoms with E-state index in [0.717, 1.165) is 5.56 Å². The van der Waals surface area contributed by atoms with Crippen LogP contribution < -0.4 is 5.32 Å². The molecule has 0 aliphatic carbocycles. The fraction of sp³-hybridized carbons (Fsp3) is 0.467. The fourth-order valence-electron chi connectivity index (χ4n) is 1.76. The maximum Gasteiger partial charge on any atom is 0.307 e. The number of carbonyl (C=O) groups is 2. The van der Waals surface area contributed by atoms with Gasteiger partial charge in [-0.3, -0.25) is 9.59 Å². The molecule has 0 saturated carbocycles. The lowest BCUT2D eigenvalue weighted by Crippen LogP contribution is -2.36. The van der Waals surface area contributed by atoms with Crippen LogP contribution in [0.5, 0.6) is 0 Å². The first-order chi connectivity index (χ1) is 8.93. The monoisotopic (exact) mass is 263 g/mol. The number of nitrogens with one attached hydrogen (secondary N) is 1. The number of rotatable bonds is 6. The molecule has 0 aromatic heterocycles. The number of aliphatic carboxylic acids is 1. The van der Waals surface area contributed by atoms with Crippen LogP contribution in [0.1, 0.15) is 32.3 Å². The summed E-state index contributed by atoms with van der Waals surface area (Å²) >= 11 is 0. The summed E-state index contributed by atoms with van der Waals surface area (Å²) in [5.41, 5.74) is 1.15. The Labute approximate surface area is 113 Å². The van der Waals surface area contributed by atoms with E-state index in [9.17, 15) is 9.59 Å². The molecule has 2 N–H and O–H groups in total. The van der Waals surface area contributed by atoms with E-state index >= 15 is 0 Å². The third-order valence-electron chi connectivity index (χ3n) is 3.50. The van der Waals surface area contributed by atoms with Crippen molar-refractivity contribution in [3.63, 3.8) is 0 Å². The summed E-state index contributed by atoms with van der Waals surface area (Å²) in [5, 5.41) is 11.7. The maximum absolute atomic E-state index is 11.9. The van der Waals surface area contributed by atoms with Gasteiger partial charge in [-0.2, -0.15) is 0 Å². The zero-order valence-electron chi connectivity index (χ0n) is 11.6. The highest BCUT2D eigenvalue weighted by Gasteiger charge is 2.25. The van der Waals surface area contributed by atoms with Crippen molar-refractivity contribution in [1.82, 2.24) is 5.32 Å². The topological polar surface area (TPSA) is 66.4 Å². The molecule has 0 heterocycles. The normalized spacial score (nSPS) is 15.3. The summed E-state index contributed by atoms with van der Waals surface area (Å²) in [7, 11) is 0. The fourth-order valence-corrected chi connectivity index (χ4v) is 1.76. The molecule has 0 aliphatic rings. The van der Waals surface area contributed by atoms with E-state index in [-0.39, 0.29) is 11.8 Å². The van der Waals surface area contributed by atoms with Crippen molar-refractivity contribution in [3.05, 3.63) is 35.9 Å². The second-order valence-corrected chi connectivity index (χ2v) is 4.97. The van der Waals surface area contributed by atoms with E-state index in [2.05, 4.69) is 5.32 Å². The first-order valence-electron chi connectivity index (χ1n) is 6.49. The molecular formula is C15H21NO3. The number of carbonyl (C=O) groups excluding carboxylic acids is 1. The minimum atomic E-state index is -0.946. The zero-order valence-corrected chi connectivity index (χ0v) is 11.6. The Kier molecular flexibility index (Phi) is 5.55. The summed E-state index contributed by atoms with van der Waals surface area (Å²) in [5.74, 6) is -2.15. The van der Waals surface area contributed by atoms with Crippen LogP contribution in [-0.4, -0.2) is 23.5 Å². The van der Waals surface area contributed by atoms with Gasteiger partial charge in [-0.05, 0) is 11.5 Å². The Hall–Kier alpha value is -1.84. The van der Waals surface area contributed by atoms with E-state index in [1.807, 2.05) is 37.3 Å². The van der Waals surface area contributed by atoms with E-state index < -0.39 is 17.8 Å². The number of benzene rings is 1. The standard InChI is InChI=1S/C15H21NO3/c1-10(13-7-5-4-6-8-13)9-16-14(17)11(2)12(3)15(18)19/h4-8,10-12H,9H2,1-3H3,(H,16,17)(H,18,19). The molecule has 0 bridgehead atoms. The molecule has 0 fully saturated rings. The quantitative estimate of drug-likeness (QED) is 0.827. The third kappa shape index (κ3) is 4.39. The molecule has 1 aromatic rings. The lowest BCUT2D eigenvalue weighted by Gasteiger charge is -2.18. The molecule has 0 radical (unpaired) electrons. The summed E-state index contributed by atoms with van der Waals surface area (Å²) in [6.45, 7) is 5.73. The highest BCUT2D eigenvalue weighted by Crippen LogP contribution is 2.15. The van der Waals surface area contributed by atoms with Crippen molar-refractivity contribution >= 4 is 11.9 Å². The Balaban J connectivity index is 2.48. The molecule has 1 aromatic carbocycles. The number of hydrogen-bond acceptors (Lipinski definition) is 2. The molecular weight excluding hydrogens is 242 g/mol. The highest BCUT2D eigenvalue weighted by molar-refractivity contribution is 5.84. The van der Waals surface area contributed by atoms with Crippen LogP contribution >= 0.6 is 0 Å². The van der Waals surface area contributed by atoms with Crippen LogP contribution in [0.4, 0.5) is 0 Å². The number of carboxylic acids is 1. The van der Waals surface area contributed by atoms with Crippen LogP contribution in [0, 0.1) is 11.8 Å². The lowest BCUT2D eigenvalue weighted by molar-refractivity contribution is -0.146. The van der Waals surface area contributed by atoms with Crippen molar-refractivity contribution < 1.29 is 14.7 Å². The highest BCUT2D eigenvalue weighted by atomic mass is 16.4. The predicted octanol–water partition coefficient (Wildman–Crippen LogP) is 2.26. The summed E-state index contributed by atoms with van der Waals surface area (Å²) in [6, 6.07) is 9.90. The van der Waals surface area contributed by atoms with Crippen LogP contribution in [-0.2, 0) is 9.59 Å². The van der Waals surface area contributed by atoms with Crippen LogP contribution in [0.2, 0.25) is 0 Å². The number of carboxylic acid groups (broad SMARTS) is 1. The lowest BCUT2D eigenvalue weighted by atomic mass is 9.95. The molecule has 0 saturated heterocycles. The molecule has 104 valence electrons. The summed E-state index contributed by atoms with van der Waals surface area (Å²) < 4.78 is 0. The second kappa shape index (κ2) is 6.92. The number of amides is 1. The first-order valence-corrected chi connectivity index (χ1v) is 6.49. The molecule has 3 atom stereocenters. The van der Waals surface area contributed by atoms with Crippen molar-refractivity contribution in [2.75, 3.05) is 6.54 Å². The number of hydrogen-bond donors (Lipinski definition) is 2. The molecule has 4 nitrogen and oxygen atoms in total. The minimum absolute atomic E-state index is 0.206. The average Bonchev–Trinajstić information content (AvgIpc) is 2.43. The first kappa shape index (κ1) is 15.2. The van der Waals surface area contributed by atoms with E-state index in [4.69, 9.17) is 5.11 Å². The minimum Gasteiger partial charge on any atom is -0.481 e. The van der Waals surface area contributed by atoms with Crippen molar-refractivity contribution in [2.24, 2.45) is 11.8 Å². The van der Waals surface area contributed by atoms with Gasteiger partial charge >= 0.3 is 5.97 Å². The van der Waals surface area contributed by atoms with Crippen LogP contribution in [0.3, 0.4) is 0 Å². The van der Waals surface area contributed by atoms with E-state index in [1.54, 1.807) is 13.8 Å². The Morgan fingerprint density at radius 2 is 1.68 bits per heavy atom. The largest absolute Gasteiger partial charge is 0.481 e. The molecule has 0 aliphatic heterocycles. The van der Waals surface area contributed by atoms with Gasteiger partial charge in [0.2, 0.25) is 5.91 Å². The SMILES string of the molecule is CC(CNC(=O)C(C)C(C)C(=O)O)c1ccccc1. The van der Waals surface area contributed by atoms with Crippen molar-refractivity contribution in [1.29, 1.82) is 0 Å². The Morgan fingerprint density at radius 1 is 1.11 bits per heavy atom. The van der Waals surface area contributed by atoms with Crippen LogP contribution in [0.15, 0.2) is 30.3 Å². The molecule has 0 spiro atoms. The molecule has 1 amide bonds. The summed E-state index contributed by atoms with van der Waals surface area (Å²) in [6.07, 6.45) is 0. The smallest absolute Gasteiger partial charge is 0.307 e. The molecule has 3 unspecified atom stereocenters. The molecule has 4 heteroatoms. The Bertz CT molecular complexity index is 430. The van der Waals surface area contributed by atoms with Gasteiger partial charge in [-0.1, -0.05) is 51.1 Å².